The highest BCUT2D eigenvalue weighted by molar-refractivity contribution is 5.48. The van der Waals surface area contributed by atoms with Crippen molar-refractivity contribution in [2.24, 2.45) is 0 Å². The molecule has 0 atom stereocenters. The summed E-state index contributed by atoms with van der Waals surface area (Å²) in [6.07, 6.45) is 5.34. The second-order valence-corrected chi connectivity index (χ2v) is 2.29. The lowest BCUT2D eigenvalue weighted by Gasteiger charge is -1.94. The van der Waals surface area contributed by atoms with Gasteiger partial charge < -0.3 is 0 Å². The zero-order chi connectivity index (χ0) is 13.4. The molecule has 1 nitrogen and oxygen atoms in total. The van der Waals surface area contributed by atoms with Crippen molar-refractivity contribution < 1.29 is 0 Å². The van der Waals surface area contributed by atoms with Gasteiger partial charge >= 0.3 is 0 Å². The van der Waals surface area contributed by atoms with Crippen LogP contribution >= 0.6 is 0 Å². The summed E-state index contributed by atoms with van der Waals surface area (Å²) < 4.78 is 0. The second kappa shape index (κ2) is 19.2. The van der Waals surface area contributed by atoms with Crippen molar-refractivity contribution in [1.29, 1.82) is 0 Å². The Hall–Kier alpha value is -1.37. The molecule has 0 aliphatic rings. The van der Waals surface area contributed by atoms with Gasteiger partial charge in [-0.05, 0) is 25.5 Å². The number of rotatable bonds is 1. The molecule has 1 rings (SSSR count). The van der Waals surface area contributed by atoms with Crippen molar-refractivity contribution in [3.8, 4) is 0 Å². The number of aryl methyl sites for hydroxylation is 1. The van der Waals surface area contributed by atoms with Gasteiger partial charge in [0.1, 0.15) is 0 Å². The molecule has 0 aromatic carbocycles. The summed E-state index contributed by atoms with van der Waals surface area (Å²) in [5, 5.41) is 0. The van der Waals surface area contributed by atoms with E-state index in [1.165, 1.54) is 0 Å². The summed E-state index contributed by atoms with van der Waals surface area (Å²) in [6.45, 7) is 18.9. The minimum Gasteiger partial charge on any atom is -0.261 e. The minimum absolute atomic E-state index is 1.03. The summed E-state index contributed by atoms with van der Waals surface area (Å²) in [4.78, 5) is 4.08. The van der Waals surface area contributed by atoms with Crippen LogP contribution in [0.25, 0.3) is 6.08 Å². The normalized spacial score (nSPS) is 6.62. The molecular formula is C15H27N. The van der Waals surface area contributed by atoms with E-state index in [2.05, 4.69) is 18.1 Å². The lowest BCUT2D eigenvalue weighted by Crippen LogP contribution is -1.82. The first kappa shape index (κ1) is 20.1. The zero-order valence-corrected chi connectivity index (χ0v) is 11.7. The molecule has 0 aliphatic carbocycles. The van der Waals surface area contributed by atoms with Crippen molar-refractivity contribution in [2.45, 2.75) is 41.5 Å². The minimum atomic E-state index is 1.03. The van der Waals surface area contributed by atoms with Gasteiger partial charge in [0.05, 0.1) is 0 Å². The third-order valence-corrected chi connectivity index (χ3v) is 1.27. The Labute approximate surface area is 102 Å². The van der Waals surface area contributed by atoms with Gasteiger partial charge in [0.25, 0.3) is 0 Å². The van der Waals surface area contributed by atoms with Gasteiger partial charge in [-0.1, -0.05) is 52.5 Å². The molecule has 92 valence electrons. The monoisotopic (exact) mass is 221 g/mol. The van der Waals surface area contributed by atoms with Crippen LogP contribution in [0.3, 0.4) is 0 Å². The Morgan fingerprint density at radius 3 is 1.81 bits per heavy atom. The first-order valence-corrected chi connectivity index (χ1v) is 5.87. The van der Waals surface area contributed by atoms with Crippen molar-refractivity contribution >= 4 is 6.08 Å². The SMILES string of the molecule is C=CC.C=Cc1cccnc1C.CC.CC. The third kappa shape index (κ3) is 12.6. The van der Waals surface area contributed by atoms with Crippen LogP contribution < -0.4 is 0 Å². The van der Waals surface area contributed by atoms with Gasteiger partial charge in [-0.15, -0.1) is 6.58 Å². The summed E-state index contributed by atoms with van der Waals surface area (Å²) in [5.41, 5.74) is 2.14. The van der Waals surface area contributed by atoms with Gasteiger partial charge in [-0.25, -0.2) is 0 Å². The van der Waals surface area contributed by atoms with Crippen LogP contribution in [0.5, 0.6) is 0 Å². The molecule has 1 heteroatoms. The molecule has 1 aromatic rings. The number of pyridine rings is 1. The fraction of sp³-hybridized carbons (Fsp3) is 0.400. The van der Waals surface area contributed by atoms with Crippen LogP contribution in [-0.4, -0.2) is 4.98 Å². The number of aromatic nitrogens is 1. The number of allylic oxidation sites excluding steroid dienone is 1. The molecule has 16 heavy (non-hydrogen) atoms. The summed E-state index contributed by atoms with van der Waals surface area (Å²) >= 11 is 0. The van der Waals surface area contributed by atoms with Crippen LogP contribution in [0, 0.1) is 6.92 Å². The van der Waals surface area contributed by atoms with Crippen LogP contribution in [0.2, 0.25) is 0 Å². The van der Waals surface area contributed by atoms with E-state index in [-0.39, 0.29) is 0 Å². The molecule has 0 N–H and O–H groups in total. The molecule has 1 aromatic heterocycles. The van der Waals surface area contributed by atoms with E-state index < -0.39 is 0 Å². The third-order valence-electron chi connectivity index (χ3n) is 1.27. The van der Waals surface area contributed by atoms with Gasteiger partial charge in [0, 0.05) is 11.9 Å². The number of hydrogen-bond donors (Lipinski definition) is 0. The molecule has 0 fully saturated rings. The summed E-state index contributed by atoms with van der Waals surface area (Å²) in [5.74, 6) is 0. The van der Waals surface area contributed by atoms with Gasteiger partial charge in [-0.3, -0.25) is 4.98 Å². The Morgan fingerprint density at radius 1 is 1.12 bits per heavy atom. The summed E-state index contributed by atoms with van der Waals surface area (Å²) in [7, 11) is 0. The predicted molar refractivity (Wildman–Crippen MR) is 77.6 cm³/mol. The Morgan fingerprint density at radius 2 is 1.56 bits per heavy atom. The largest absolute Gasteiger partial charge is 0.261 e. The van der Waals surface area contributed by atoms with Crippen molar-refractivity contribution in [2.75, 3.05) is 0 Å². The molecule has 0 unspecified atom stereocenters. The Balaban J connectivity index is -0.000000206. The average molecular weight is 221 g/mol. The van der Waals surface area contributed by atoms with E-state index >= 15 is 0 Å². The smallest absolute Gasteiger partial charge is 0.0444 e. The second-order valence-electron chi connectivity index (χ2n) is 2.29. The standard InChI is InChI=1S/C8H9N.C3H6.2C2H6/c1-3-8-5-4-6-9-7(8)2;1-3-2;2*1-2/h3-6H,1H2,2H3;3H,1H2,2H3;2*1-2H3. The van der Waals surface area contributed by atoms with Gasteiger partial charge in [0.2, 0.25) is 0 Å². The van der Waals surface area contributed by atoms with E-state index in [1.807, 2.05) is 59.8 Å². The number of nitrogens with zero attached hydrogens (tertiary/aromatic N) is 1. The van der Waals surface area contributed by atoms with Gasteiger partial charge in [-0.2, -0.15) is 0 Å². The highest BCUT2D eigenvalue weighted by atomic mass is 14.7. The highest BCUT2D eigenvalue weighted by Crippen LogP contribution is 2.03. The lowest BCUT2D eigenvalue weighted by atomic mass is 10.2. The lowest BCUT2D eigenvalue weighted by molar-refractivity contribution is 1.19. The van der Waals surface area contributed by atoms with Crippen molar-refractivity contribution in [1.82, 2.24) is 4.98 Å². The molecule has 0 aliphatic heterocycles. The van der Waals surface area contributed by atoms with Crippen LogP contribution in [0.15, 0.2) is 37.6 Å². The zero-order valence-electron chi connectivity index (χ0n) is 11.7. The molecule has 0 bridgehead atoms. The first-order chi connectivity index (χ1) is 7.76. The topological polar surface area (TPSA) is 12.9 Å². The quantitative estimate of drug-likeness (QED) is 0.588. The molecule has 0 saturated heterocycles. The van der Waals surface area contributed by atoms with Crippen LogP contribution in [0.4, 0.5) is 0 Å². The molecule has 0 radical (unpaired) electrons. The van der Waals surface area contributed by atoms with E-state index in [0.717, 1.165) is 11.3 Å². The van der Waals surface area contributed by atoms with Crippen LogP contribution in [0.1, 0.15) is 45.9 Å². The van der Waals surface area contributed by atoms with Crippen molar-refractivity contribution in [3.63, 3.8) is 0 Å². The van der Waals surface area contributed by atoms with Crippen molar-refractivity contribution in [3.05, 3.63) is 48.8 Å². The fourth-order valence-electron chi connectivity index (χ4n) is 0.712. The van der Waals surface area contributed by atoms with E-state index in [4.69, 9.17) is 0 Å². The molecule has 0 saturated carbocycles. The average Bonchev–Trinajstić information content (AvgIpc) is 2.36. The fourth-order valence-corrected chi connectivity index (χ4v) is 0.712. The molecular weight excluding hydrogens is 194 g/mol. The highest BCUT2D eigenvalue weighted by Gasteiger charge is 1.88. The van der Waals surface area contributed by atoms with E-state index in [0.29, 0.717) is 0 Å². The maximum atomic E-state index is 4.08. The summed E-state index contributed by atoms with van der Waals surface area (Å²) in [6, 6.07) is 3.90. The van der Waals surface area contributed by atoms with E-state index in [9.17, 15) is 0 Å². The van der Waals surface area contributed by atoms with Crippen LogP contribution in [-0.2, 0) is 0 Å². The maximum absolute atomic E-state index is 4.08. The molecule has 0 amide bonds. The Kier molecular flexibility index (Phi) is 24.2. The first-order valence-electron chi connectivity index (χ1n) is 5.87. The Bertz CT molecular complexity index is 251. The maximum Gasteiger partial charge on any atom is 0.0444 e. The van der Waals surface area contributed by atoms with Gasteiger partial charge in [0.15, 0.2) is 0 Å². The molecule has 0 spiro atoms. The van der Waals surface area contributed by atoms with E-state index in [1.54, 1.807) is 12.3 Å². The number of hydrogen-bond acceptors (Lipinski definition) is 1. The molecule has 1 heterocycles. The predicted octanol–water partition coefficient (Wildman–Crippen LogP) is 5.28.